The van der Waals surface area contributed by atoms with E-state index in [9.17, 15) is 19.8 Å². The molecule has 2 aromatic rings. The molecule has 6 nitrogen and oxygen atoms in total. The van der Waals surface area contributed by atoms with E-state index in [-0.39, 0.29) is 58.7 Å². The van der Waals surface area contributed by atoms with Crippen LogP contribution in [0.5, 0.6) is 11.5 Å². The van der Waals surface area contributed by atoms with Gasteiger partial charge in [-0.2, -0.15) is 0 Å². The molecular weight excluding hydrogens is 706 g/mol. The Morgan fingerprint density at radius 3 is 1.12 bits per heavy atom. The average molecular weight is 710 g/mol. The summed E-state index contributed by atoms with van der Waals surface area (Å²) in [6, 6.07) is 5.26. The molecule has 0 bridgehead atoms. The topological polar surface area (TPSA) is 98.7 Å². The first-order valence-electron chi connectivity index (χ1n) is 7.34. The molecule has 1 radical (unpaired) electrons. The predicted molar refractivity (Wildman–Crippen MR) is 123 cm³/mol. The minimum absolute atomic E-state index is 0. The number of ether oxygens (including phenoxy) is 2. The normalized spacial score (nSPS) is 11.0. The third-order valence-corrected chi connectivity index (χ3v) is 6.43. The molecule has 0 N–H and O–H groups in total. The smallest absolute Gasteiger partial charge is 0.543 e. The van der Waals surface area contributed by atoms with Gasteiger partial charge in [0.2, 0.25) is 0 Å². The number of halogens is 10. The number of carboxylic acids is 2. The summed E-state index contributed by atoms with van der Waals surface area (Å²) in [6.45, 7) is 0. The Bertz CT molecular complexity index is 952. The van der Waals surface area contributed by atoms with Crippen molar-refractivity contribution >= 4 is 128 Å². The molecule has 17 heteroatoms. The third-order valence-electron chi connectivity index (χ3n) is 2.95. The van der Waals surface area contributed by atoms with E-state index in [1.165, 1.54) is 24.3 Å². The van der Waals surface area contributed by atoms with Crippen molar-refractivity contribution in [2.24, 2.45) is 0 Å². The fourth-order valence-corrected chi connectivity index (χ4v) is 3.00. The van der Waals surface area contributed by atoms with Gasteiger partial charge in [0, 0.05) is 0 Å². The van der Waals surface area contributed by atoms with Crippen molar-refractivity contribution in [1.29, 1.82) is 0 Å². The van der Waals surface area contributed by atoms with E-state index in [1.54, 1.807) is 0 Å². The van der Waals surface area contributed by atoms with Gasteiger partial charge < -0.3 is 29.3 Å². The quantitative estimate of drug-likeness (QED) is 0.213. The zero-order valence-corrected chi connectivity index (χ0v) is 23.3. The maximum atomic E-state index is 10.5. The van der Waals surface area contributed by atoms with E-state index < -0.39 is 21.0 Å². The minimum atomic E-state index is -2.55. The molecule has 0 spiro atoms. The summed E-state index contributed by atoms with van der Waals surface area (Å²) in [5.74, 6) is -3.88. The van der Waals surface area contributed by atoms with E-state index >= 15 is 0 Å². The number of hydrogen-bond acceptors (Lipinski definition) is 6. The van der Waals surface area contributed by atoms with Gasteiger partial charge in [-0.25, -0.2) is 0 Å². The molecule has 33 heavy (non-hydrogen) atoms. The number of aliphatic carboxylic acids is 2. The van der Waals surface area contributed by atoms with E-state index in [0.717, 1.165) is 0 Å². The standard InChI is InChI=1S/2C8H3Cl5O3.Cu/c2*9-3-1-2-4(6(11)5(3)10)16-8(12,13)7(14)15;/h2*1-2H,(H,14,15);/q;;+2/p-2. The number of benzene rings is 2. The molecule has 0 unspecified atom stereocenters. The zero-order chi connectivity index (χ0) is 25.0. The second-order valence-corrected chi connectivity index (χ2v) is 10.0. The van der Waals surface area contributed by atoms with E-state index in [4.69, 9.17) is 125 Å². The number of rotatable bonds is 6. The molecule has 2 aromatic carbocycles. The molecule has 0 saturated carbocycles. The van der Waals surface area contributed by atoms with Crippen LogP contribution in [0.3, 0.4) is 0 Å². The van der Waals surface area contributed by atoms with E-state index in [2.05, 4.69) is 0 Å². The van der Waals surface area contributed by atoms with Crippen LogP contribution in [0.15, 0.2) is 24.3 Å². The van der Waals surface area contributed by atoms with E-state index in [1.807, 2.05) is 0 Å². The van der Waals surface area contributed by atoms with Crippen molar-refractivity contribution in [2.45, 2.75) is 9.04 Å². The Kier molecular flexibility index (Phi) is 13.8. The molecule has 2 rings (SSSR count). The van der Waals surface area contributed by atoms with Crippen LogP contribution in [0, 0.1) is 0 Å². The SMILES string of the molecule is O=C([O-])C(Cl)(Cl)Oc1ccc(Cl)c(Cl)c1Cl.O=C([O-])C(Cl)(Cl)Oc1ccc(Cl)c(Cl)c1Cl.[Cu+2]. The van der Waals surface area contributed by atoms with Crippen molar-refractivity contribution in [3.05, 3.63) is 54.4 Å². The molecule has 0 aliphatic rings. The van der Waals surface area contributed by atoms with Crippen molar-refractivity contribution in [1.82, 2.24) is 0 Å². The van der Waals surface area contributed by atoms with Crippen LogP contribution in [0.2, 0.25) is 30.1 Å². The summed E-state index contributed by atoms with van der Waals surface area (Å²) < 4.78 is 4.34. The largest absolute Gasteiger partial charge is 2.00 e. The average Bonchev–Trinajstić information content (AvgIpc) is 2.69. The summed E-state index contributed by atoms with van der Waals surface area (Å²) in [5.41, 5.74) is 0. The van der Waals surface area contributed by atoms with Crippen LogP contribution in [-0.4, -0.2) is 21.0 Å². The first-order valence-corrected chi connectivity index (χ1v) is 11.1. The molecule has 0 aliphatic carbocycles. The molecular formula is C16H4Cl10CuO6. The minimum Gasteiger partial charge on any atom is -0.543 e. The Labute approximate surface area is 247 Å². The van der Waals surface area contributed by atoms with Gasteiger partial charge in [0.15, 0.2) is 0 Å². The van der Waals surface area contributed by atoms with Gasteiger partial charge in [-0.15, -0.1) is 0 Å². The van der Waals surface area contributed by atoms with Crippen LogP contribution in [0.1, 0.15) is 0 Å². The summed E-state index contributed by atoms with van der Waals surface area (Å²) in [5, 5.41) is 21.2. The first-order chi connectivity index (χ1) is 14.5. The predicted octanol–water partition coefficient (Wildman–Crippen LogP) is 5.81. The third kappa shape index (κ3) is 9.41. The van der Waals surface area contributed by atoms with Crippen molar-refractivity contribution in [3.8, 4) is 11.5 Å². The summed E-state index contributed by atoms with van der Waals surface area (Å²) in [4.78, 5) is 21.0. The molecule has 0 heterocycles. The van der Waals surface area contributed by atoms with Crippen LogP contribution in [0.4, 0.5) is 0 Å². The second kappa shape index (κ2) is 13.6. The number of alkyl halides is 4. The van der Waals surface area contributed by atoms with Gasteiger partial charge in [-0.05, 0) is 24.3 Å². The summed E-state index contributed by atoms with van der Waals surface area (Å²) >= 11 is 55.4. The second-order valence-electron chi connectivity index (χ2n) is 5.16. The number of hydrogen-bond donors (Lipinski definition) is 0. The monoisotopic (exact) mass is 705 g/mol. The summed E-state index contributed by atoms with van der Waals surface area (Å²) in [7, 11) is 0. The van der Waals surface area contributed by atoms with Crippen LogP contribution < -0.4 is 19.7 Å². The fourth-order valence-electron chi connectivity index (χ4n) is 1.53. The van der Waals surface area contributed by atoms with Crippen molar-refractivity contribution in [2.75, 3.05) is 0 Å². The molecule has 0 aliphatic heterocycles. The maximum absolute atomic E-state index is 10.5. The Balaban J connectivity index is 0.000000602. The summed E-state index contributed by atoms with van der Waals surface area (Å²) in [6.07, 6.45) is 0. The molecule has 0 saturated heterocycles. The van der Waals surface area contributed by atoms with Gasteiger partial charge in [0.1, 0.15) is 33.5 Å². The van der Waals surface area contributed by atoms with Crippen LogP contribution in [-0.2, 0) is 26.7 Å². The number of carboxylic acid groups (broad SMARTS) is 2. The Morgan fingerprint density at radius 1 is 0.606 bits per heavy atom. The van der Waals surface area contributed by atoms with Gasteiger partial charge in [-0.1, -0.05) is 116 Å². The van der Waals surface area contributed by atoms with Crippen LogP contribution >= 0.6 is 116 Å². The number of carbonyl (C=O) groups is 2. The number of carbonyl (C=O) groups excluding carboxylic acids is 2. The van der Waals surface area contributed by atoms with E-state index in [0.29, 0.717) is 0 Å². The van der Waals surface area contributed by atoms with Crippen molar-refractivity contribution in [3.63, 3.8) is 0 Å². The van der Waals surface area contributed by atoms with Crippen molar-refractivity contribution < 1.29 is 46.3 Å². The molecule has 0 amide bonds. The molecule has 0 aromatic heterocycles. The van der Waals surface area contributed by atoms with Gasteiger partial charge in [0.25, 0.3) is 9.04 Å². The maximum Gasteiger partial charge on any atom is 2.00 e. The molecule has 0 atom stereocenters. The first kappa shape index (κ1) is 33.4. The Hall–Kier alpha value is 0.399. The molecule has 0 fully saturated rings. The zero-order valence-electron chi connectivity index (χ0n) is 14.8. The van der Waals surface area contributed by atoms with Gasteiger partial charge >= 0.3 is 17.1 Å². The van der Waals surface area contributed by atoms with Gasteiger partial charge in [0.05, 0.1) is 20.1 Å². The fraction of sp³-hybridized carbons (Fsp3) is 0.125. The van der Waals surface area contributed by atoms with Gasteiger partial charge in [-0.3, -0.25) is 0 Å². The Morgan fingerprint density at radius 2 is 0.879 bits per heavy atom. The molecule has 185 valence electrons. The van der Waals surface area contributed by atoms with Crippen LogP contribution in [0.25, 0.3) is 0 Å².